The molecule has 5 heteroatoms. The average molecular weight is 249 g/mol. The number of benzene rings is 1. The highest BCUT2D eigenvalue weighted by Gasteiger charge is 2.15. The maximum Gasteiger partial charge on any atom is 0.294 e. The Morgan fingerprint density at radius 2 is 2.05 bits per heavy atom. The third-order valence-electron chi connectivity index (χ3n) is 2.95. The molecule has 0 fully saturated rings. The zero-order valence-electron chi connectivity index (χ0n) is 10.1. The first-order chi connectivity index (χ1) is 9.31. The summed E-state index contributed by atoms with van der Waals surface area (Å²) in [6.45, 7) is 7.31. The standard InChI is InChI=1S/C14H11N5/c1-16-9-19-12-7-3-2-6-11(12)18-14(19)10-5-4-8-17-13(10)15/h2-8H,9H2,(H2,15,17). The van der Waals surface area contributed by atoms with Gasteiger partial charge in [-0.15, -0.1) is 0 Å². The van der Waals surface area contributed by atoms with Gasteiger partial charge in [0.2, 0.25) is 0 Å². The monoisotopic (exact) mass is 249 g/mol. The van der Waals surface area contributed by atoms with Crippen LogP contribution in [0.2, 0.25) is 0 Å². The maximum atomic E-state index is 7.10. The van der Waals surface area contributed by atoms with Crippen LogP contribution >= 0.6 is 0 Å². The van der Waals surface area contributed by atoms with Gasteiger partial charge in [-0.25, -0.2) is 16.5 Å². The Bertz CT molecular complexity index is 782. The molecule has 3 rings (SSSR count). The zero-order chi connectivity index (χ0) is 13.2. The summed E-state index contributed by atoms with van der Waals surface area (Å²) >= 11 is 0. The van der Waals surface area contributed by atoms with Crippen LogP contribution in [0.1, 0.15) is 0 Å². The Hall–Kier alpha value is -2.87. The van der Waals surface area contributed by atoms with E-state index in [1.165, 1.54) is 0 Å². The van der Waals surface area contributed by atoms with Gasteiger partial charge >= 0.3 is 0 Å². The van der Waals surface area contributed by atoms with Crippen LogP contribution in [0.4, 0.5) is 5.82 Å². The van der Waals surface area contributed by atoms with Gasteiger partial charge in [0.25, 0.3) is 6.67 Å². The number of nitrogen functional groups attached to an aromatic ring is 1. The summed E-state index contributed by atoms with van der Waals surface area (Å²) in [4.78, 5) is 12.1. The van der Waals surface area contributed by atoms with Crippen LogP contribution in [0.3, 0.4) is 0 Å². The number of imidazole rings is 1. The quantitative estimate of drug-likeness (QED) is 0.710. The normalized spacial score (nSPS) is 10.5. The number of nitrogens with zero attached hydrogens (tertiary/aromatic N) is 4. The molecule has 0 aliphatic carbocycles. The van der Waals surface area contributed by atoms with Crippen LogP contribution in [0, 0.1) is 6.57 Å². The Balaban J connectivity index is 2.32. The number of pyridine rings is 1. The van der Waals surface area contributed by atoms with Crippen molar-refractivity contribution in [2.75, 3.05) is 5.73 Å². The summed E-state index contributed by atoms with van der Waals surface area (Å²) < 4.78 is 1.86. The summed E-state index contributed by atoms with van der Waals surface area (Å²) in [6.07, 6.45) is 1.64. The molecule has 0 spiro atoms. The number of hydrogen-bond donors (Lipinski definition) is 1. The van der Waals surface area contributed by atoms with Crippen molar-refractivity contribution in [1.29, 1.82) is 0 Å². The number of para-hydroxylation sites is 2. The first-order valence-corrected chi connectivity index (χ1v) is 5.80. The molecule has 0 amide bonds. The fourth-order valence-electron chi connectivity index (χ4n) is 2.10. The minimum atomic E-state index is 0.212. The second kappa shape index (κ2) is 4.42. The molecule has 2 aromatic heterocycles. The smallest absolute Gasteiger partial charge is 0.294 e. The van der Waals surface area contributed by atoms with E-state index in [2.05, 4.69) is 14.8 Å². The molecule has 0 radical (unpaired) electrons. The fourth-order valence-corrected chi connectivity index (χ4v) is 2.10. The molecule has 0 saturated heterocycles. The number of anilines is 1. The number of nitrogens with two attached hydrogens (primary N) is 1. The topological polar surface area (TPSA) is 61.1 Å². The van der Waals surface area contributed by atoms with E-state index in [1.54, 1.807) is 6.20 Å². The minimum absolute atomic E-state index is 0.212. The Morgan fingerprint density at radius 1 is 1.21 bits per heavy atom. The molecule has 5 nitrogen and oxygen atoms in total. The molecule has 2 N–H and O–H groups in total. The summed E-state index contributed by atoms with van der Waals surface area (Å²) in [6, 6.07) is 11.4. The van der Waals surface area contributed by atoms with Crippen molar-refractivity contribution >= 4 is 16.9 Å². The van der Waals surface area contributed by atoms with Gasteiger partial charge in [-0.05, 0) is 24.3 Å². The van der Waals surface area contributed by atoms with Gasteiger partial charge in [-0.1, -0.05) is 12.1 Å². The van der Waals surface area contributed by atoms with Gasteiger partial charge in [0, 0.05) is 6.20 Å². The Kier molecular flexibility index (Phi) is 2.62. The van der Waals surface area contributed by atoms with E-state index in [-0.39, 0.29) is 6.67 Å². The summed E-state index contributed by atoms with van der Waals surface area (Å²) in [5, 5.41) is 0. The van der Waals surface area contributed by atoms with Gasteiger partial charge in [-0.3, -0.25) is 9.41 Å². The van der Waals surface area contributed by atoms with E-state index in [0.717, 1.165) is 16.6 Å². The van der Waals surface area contributed by atoms with E-state index in [0.29, 0.717) is 11.6 Å². The largest absolute Gasteiger partial charge is 0.383 e. The van der Waals surface area contributed by atoms with Gasteiger partial charge < -0.3 is 5.73 Å². The van der Waals surface area contributed by atoms with E-state index in [4.69, 9.17) is 12.3 Å². The number of rotatable bonds is 2. The predicted molar refractivity (Wildman–Crippen MR) is 74.0 cm³/mol. The van der Waals surface area contributed by atoms with Crippen LogP contribution in [0.25, 0.3) is 27.3 Å². The van der Waals surface area contributed by atoms with Crippen LogP contribution < -0.4 is 5.73 Å². The molecular formula is C14H11N5. The highest BCUT2D eigenvalue weighted by Crippen LogP contribution is 2.27. The molecule has 0 unspecified atom stereocenters. The Morgan fingerprint density at radius 3 is 2.84 bits per heavy atom. The number of fused-ring (bicyclic) bond motifs is 1. The first kappa shape index (κ1) is 11.2. The van der Waals surface area contributed by atoms with Crippen molar-refractivity contribution in [2.45, 2.75) is 6.67 Å². The van der Waals surface area contributed by atoms with Crippen molar-refractivity contribution in [1.82, 2.24) is 14.5 Å². The predicted octanol–water partition coefficient (Wildman–Crippen LogP) is 2.56. The van der Waals surface area contributed by atoms with E-state index in [9.17, 15) is 0 Å². The van der Waals surface area contributed by atoms with Gasteiger partial charge in [0.1, 0.15) is 5.82 Å². The van der Waals surface area contributed by atoms with E-state index < -0.39 is 0 Å². The molecule has 0 bridgehead atoms. The first-order valence-electron chi connectivity index (χ1n) is 5.80. The lowest BCUT2D eigenvalue weighted by Crippen LogP contribution is -2.01. The molecule has 0 atom stereocenters. The third kappa shape index (κ3) is 1.79. The highest BCUT2D eigenvalue weighted by atomic mass is 15.1. The average Bonchev–Trinajstić information content (AvgIpc) is 2.79. The van der Waals surface area contributed by atoms with Crippen molar-refractivity contribution in [3.63, 3.8) is 0 Å². The van der Waals surface area contributed by atoms with Crippen LogP contribution in [0.5, 0.6) is 0 Å². The van der Waals surface area contributed by atoms with Crippen molar-refractivity contribution < 1.29 is 0 Å². The van der Waals surface area contributed by atoms with Crippen molar-refractivity contribution in [2.24, 2.45) is 0 Å². The molecule has 2 heterocycles. The molecule has 92 valence electrons. The lowest BCUT2D eigenvalue weighted by atomic mass is 10.2. The summed E-state index contributed by atoms with van der Waals surface area (Å²) in [5.74, 6) is 1.10. The van der Waals surface area contributed by atoms with Crippen LogP contribution in [-0.4, -0.2) is 14.5 Å². The van der Waals surface area contributed by atoms with Crippen molar-refractivity contribution in [3.8, 4) is 11.4 Å². The molecule has 0 aliphatic heterocycles. The number of aromatic nitrogens is 3. The van der Waals surface area contributed by atoms with Gasteiger partial charge in [0.15, 0.2) is 5.82 Å². The van der Waals surface area contributed by atoms with Crippen LogP contribution in [-0.2, 0) is 6.67 Å². The van der Waals surface area contributed by atoms with Gasteiger partial charge in [-0.2, -0.15) is 0 Å². The summed E-state index contributed by atoms with van der Waals surface area (Å²) in [7, 11) is 0. The molecule has 1 aromatic carbocycles. The van der Waals surface area contributed by atoms with E-state index in [1.807, 2.05) is 41.0 Å². The SMILES string of the molecule is [C-]#[N+]Cn1c(-c2cccnc2N)nc2ccccc21. The number of hydrogen-bond acceptors (Lipinski definition) is 3. The molecule has 3 aromatic rings. The Labute approximate surface area is 110 Å². The highest BCUT2D eigenvalue weighted by molar-refractivity contribution is 5.82. The van der Waals surface area contributed by atoms with Gasteiger partial charge in [0.05, 0.1) is 16.6 Å². The summed E-state index contributed by atoms with van der Waals surface area (Å²) in [5.41, 5.74) is 8.43. The lowest BCUT2D eigenvalue weighted by Gasteiger charge is -2.04. The zero-order valence-corrected chi connectivity index (χ0v) is 10.1. The third-order valence-corrected chi connectivity index (χ3v) is 2.95. The molecule has 0 aliphatic rings. The van der Waals surface area contributed by atoms with Crippen LogP contribution in [0.15, 0.2) is 42.6 Å². The maximum absolute atomic E-state index is 7.10. The fraction of sp³-hybridized carbons (Fsp3) is 0.0714. The molecule has 19 heavy (non-hydrogen) atoms. The second-order valence-corrected chi connectivity index (χ2v) is 4.09. The molecule has 0 saturated carbocycles. The lowest BCUT2D eigenvalue weighted by molar-refractivity contribution is 0.856. The van der Waals surface area contributed by atoms with E-state index >= 15 is 0 Å². The van der Waals surface area contributed by atoms with Crippen molar-refractivity contribution in [3.05, 3.63) is 54.0 Å². The minimum Gasteiger partial charge on any atom is -0.383 e. The second-order valence-electron chi connectivity index (χ2n) is 4.09. The molecular weight excluding hydrogens is 238 g/mol.